The Morgan fingerprint density at radius 1 is 1.25 bits per heavy atom. The summed E-state index contributed by atoms with van der Waals surface area (Å²) in [6, 6.07) is 0. The number of hydrogen-bond acceptors (Lipinski definition) is 0. The third-order valence-electron chi connectivity index (χ3n) is 0.730. The molecule has 0 N–H and O–H groups in total. The normalized spacial score (nSPS) is 11.1. The number of allylic oxidation sites excluding steroid dienone is 5. The van der Waals surface area contributed by atoms with Crippen LogP contribution < -0.4 is 0 Å². The summed E-state index contributed by atoms with van der Waals surface area (Å²) < 4.78 is 0. The van der Waals surface area contributed by atoms with Gasteiger partial charge in [-0.25, -0.2) is 0 Å². The molecular weight excluding hydrogens is 96.1 g/mol. The molecule has 0 aliphatic carbocycles. The van der Waals surface area contributed by atoms with Gasteiger partial charge >= 0.3 is 0 Å². The third-order valence-corrected chi connectivity index (χ3v) is 0.730. The van der Waals surface area contributed by atoms with Crippen LogP contribution >= 0.6 is 0 Å². The minimum atomic E-state index is 1.10. The average Bonchev–Trinajstić information content (AvgIpc) is 1.81. The molecule has 8 heavy (non-hydrogen) atoms. The molecule has 0 heteroatoms. The van der Waals surface area contributed by atoms with Crippen molar-refractivity contribution in [1.82, 2.24) is 0 Å². The van der Waals surface area contributed by atoms with Crippen LogP contribution in [0.15, 0.2) is 37.0 Å². The lowest BCUT2D eigenvalue weighted by Gasteiger charge is -1.71. The smallest absolute Gasteiger partial charge is 0.0376 e. The van der Waals surface area contributed by atoms with Crippen molar-refractivity contribution in [3.63, 3.8) is 0 Å². The Morgan fingerprint density at radius 2 is 2.00 bits per heavy atom. The van der Waals surface area contributed by atoms with Gasteiger partial charge in [-0.1, -0.05) is 43.9 Å². The second-order valence-electron chi connectivity index (χ2n) is 1.46. The van der Waals surface area contributed by atoms with Gasteiger partial charge in [0.2, 0.25) is 0 Å². The summed E-state index contributed by atoms with van der Waals surface area (Å²) in [7, 11) is 0. The molecule has 44 valence electrons. The molecule has 0 fully saturated rings. The van der Waals surface area contributed by atoms with Gasteiger partial charge in [-0.15, -0.1) is 0 Å². The standard InChI is InChI=1S/C8H12/c1-3-5-7-8-6-4-2/h3,5-8H,1,4H2,2H3/b7-5?,8-6+. The molecule has 0 saturated heterocycles. The molecule has 0 unspecified atom stereocenters. The lowest BCUT2D eigenvalue weighted by molar-refractivity contribution is 1.22. The third kappa shape index (κ3) is 5.22. The topological polar surface area (TPSA) is 0 Å². The minimum absolute atomic E-state index is 1.10. The van der Waals surface area contributed by atoms with Gasteiger partial charge in [-0.2, -0.15) is 0 Å². The predicted octanol–water partition coefficient (Wildman–Crippen LogP) is 2.69. The van der Waals surface area contributed by atoms with Crippen molar-refractivity contribution in [1.29, 1.82) is 0 Å². The van der Waals surface area contributed by atoms with Crippen LogP contribution in [-0.2, 0) is 0 Å². The fraction of sp³-hybridized carbons (Fsp3) is 0.250. The van der Waals surface area contributed by atoms with E-state index in [-0.39, 0.29) is 0 Å². The van der Waals surface area contributed by atoms with Gasteiger partial charge in [0, 0.05) is 0 Å². The molecule has 0 aromatic carbocycles. The zero-order valence-corrected chi connectivity index (χ0v) is 5.30. The highest BCUT2D eigenvalue weighted by Crippen LogP contribution is 1.80. The quantitative estimate of drug-likeness (QED) is 0.487. The maximum absolute atomic E-state index is 3.54. The first kappa shape index (κ1) is 7.22. The monoisotopic (exact) mass is 108 g/mol. The second-order valence-corrected chi connectivity index (χ2v) is 1.46. The Morgan fingerprint density at radius 3 is 2.50 bits per heavy atom. The van der Waals surface area contributed by atoms with Crippen molar-refractivity contribution >= 4 is 0 Å². The summed E-state index contributed by atoms with van der Waals surface area (Å²) in [5.41, 5.74) is 0. The van der Waals surface area contributed by atoms with Crippen molar-refractivity contribution in [2.24, 2.45) is 0 Å². The largest absolute Gasteiger partial charge is 0.0991 e. The van der Waals surface area contributed by atoms with Crippen molar-refractivity contribution in [2.45, 2.75) is 13.3 Å². The maximum atomic E-state index is 3.54. The summed E-state index contributed by atoms with van der Waals surface area (Å²) in [4.78, 5) is 0. The van der Waals surface area contributed by atoms with Crippen LogP contribution in [0.25, 0.3) is 0 Å². The molecule has 0 heterocycles. The highest BCUT2D eigenvalue weighted by molar-refractivity contribution is 5.08. The Labute approximate surface area is 51.2 Å². The van der Waals surface area contributed by atoms with Gasteiger partial charge in [0.15, 0.2) is 0 Å². The lowest BCUT2D eigenvalue weighted by atomic mass is 10.4. The van der Waals surface area contributed by atoms with Crippen LogP contribution in [0.4, 0.5) is 0 Å². The van der Waals surface area contributed by atoms with Gasteiger partial charge in [0.25, 0.3) is 0 Å². The minimum Gasteiger partial charge on any atom is -0.0991 e. The molecular formula is C8H12. The Bertz CT molecular complexity index is 96.6. The Kier molecular flexibility index (Phi) is 5.61. The van der Waals surface area contributed by atoms with Gasteiger partial charge < -0.3 is 0 Å². The SMILES string of the molecule is C=CC=C/C=C/CC. The Balaban J connectivity index is 3.26. The Hall–Kier alpha value is -0.780. The van der Waals surface area contributed by atoms with Gasteiger partial charge in [0.05, 0.1) is 0 Å². The lowest BCUT2D eigenvalue weighted by Crippen LogP contribution is -1.49. The molecule has 0 aromatic heterocycles. The predicted molar refractivity (Wildman–Crippen MR) is 38.8 cm³/mol. The molecule has 0 atom stereocenters. The summed E-state index contributed by atoms with van der Waals surface area (Å²) in [5, 5.41) is 0. The van der Waals surface area contributed by atoms with Gasteiger partial charge in [-0.05, 0) is 6.42 Å². The highest BCUT2D eigenvalue weighted by Gasteiger charge is 1.59. The van der Waals surface area contributed by atoms with E-state index < -0.39 is 0 Å². The zero-order valence-electron chi connectivity index (χ0n) is 5.30. The van der Waals surface area contributed by atoms with Crippen LogP contribution in [0.2, 0.25) is 0 Å². The average molecular weight is 108 g/mol. The summed E-state index contributed by atoms with van der Waals surface area (Å²) in [5.74, 6) is 0. The summed E-state index contributed by atoms with van der Waals surface area (Å²) in [6.07, 6.45) is 10.9. The van der Waals surface area contributed by atoms with E-state index in [1.165, 1.54) is 0 Å². The molecule has 0 spiro atoms. The summed E-state index contributed by atoms with van der Waals surface area (Å²) >= 11 is 0. The van der Waals surface area contributed by atoms with E-state index in [2.05, 4.69) is 19.6 Å². The van der Waals surface area contributed by atoms with Crippen LogP contribution in [0.5, 0.6) is 0 Å². The van der Waals surface area contributed by atoms with E-state index in [9.17, 15) is 0 Å². The molecule has 0 aromatic rings. The van der Waals surface area contributed by atoms with Crippen LogP contribution in [0.3, 0.4) is 0 Å². The summed E-state index contributed by atoms with van der Waals surface area (Å²) in [6.45, 7) is 5.65. The first-order valence-corrected chi connectivity index (χ1v) is 2.86. The second kappa shape index (κ2) is 6.22. The van der Waals surface area contributed by atoms with Gasteiger partial charge in [-0.3, -0.25) is 0 Å². The molecule has 0 aliphatic rings. The van der Waals surface area contributed by atoms with Crippen molar-refractivity contribution < 1.29 is 0 Å². The fourth-order valence-electron chi connectivity index (χ4n) is 0.357. The molecule has 0 nitrogen and oxygen atoms in total. The van der Waals surface area contributed by atoms with Crippen molar-refractivity contribution in [3.8, 4) is 0 Å². The van der Waals surface area contributed by atoms with E-state index in [4.69, 9.17) is 0 Å². The van der Waals surface area contributed by atoms with Crippen LogP contribution in [0.1, 0.15) is 13.3 Å². The molecule has 0 aliphatic heterocycles. The van der Waals surface area contributed by atoms with E-state index >= 15 is 0 Å². The number of hydrogen-bond donors (Lipinski definition) is 0. The first-order valence-electron chi connectivity index (χ1n) is 2.86. The van der Waals surface area contributed by atoms with Crippen LogP contribution in [-0.4, -0.2) is 0 Å². The van der Waals surface area contributed by atoms with E-state index in [0.29, 0.717) is 0 Å². The maximum Gasteiger partial charge on any atom is -0.0376 e. The van der Waals surface area contributed by atoms with Crippen LogP contribution in [0, 0.1) is 0 Å². The van der Waals surface area contributed by atoms with Crippen molar-refractivity contribution in [3.05, 3.63) is 37.0 Å². The van der Waals surface area contributed by atoms with E-state index in [1.807, 2.05) is 18.2 Å². The molecule has 0 saturated carbocycles. The highest BCUT2D eigenvalue weighted by atomic mass is 13.7. The molecule has 0 bridgehead atoms. The van der Waals surface area contributed by atoms with E-state index in [0.717, 1.165) is 6.42 Å². The van der Waals surface area contributed by atoms with E-state index in [1.54, 1.807) is 6.08 Å². The first-order chi connectivity index (χ1) is 3.91. The van der Waals surface area contributed by atoms with Gasteiger partial charge in [0.1, 0.15) is 0 Å². The molecule has 0 rings (SSSR count). The molecule has 0 amide bonds. The van der Waals surface area contributed by atoms with Crippen molar-refractivity contribution in [2.75, 3.05) is 0 Å². The molecule has 0 radical (unpaired) electrons. The fourth-order valence-corrected chi connectivity index (χ4v) is 0.357. The number of rotatable bonds is 3. The zero-order chi connectivity index (χ0) is 6.24.